The van der Waals surface area contributed by atoms with Crippen LogP contribution in [0.5, 0.6) is 0 Å². The molecule has 1 fully saturated rings. The molecule has 0 N–H and O–H groups in total. The number of hydrogen-bond donors (Lipinski definition) is 0. The lowest BCUT2D eigenvalue weighted by Crippen LogP contribution is -2.36. The summed E-state index contributed by atoms with van der Waals surface area (Å²) in [5, 5.41) is 0.721. The van der Waals surface area contributed by atoms with Gasteiger partial charge in [0.2, 0.25) is 0 Å². The molecule has 0 aromatic heterocycles. The van der Waals surface area contributed by atoms with Crippen molar-refractivity contribution < 1.29 is 4.79 Å². The van der Waals surface area contributed by atoms with Gasteiger partial charge in [-0.2, -0.15) is 0 Å². The third kappa shape index (κ3) is 3.02. The quantitative estimate of drug-likeness (QED) is 0.776. The normalized spacial score (nSPS) is 15.4. The summed E-state index contributed by atoms with van der Waals surface area (Å²) in [6, 6.07) is 16.0. The fourth-order valence-electron chi connectivity index (χ4n) is 2.86. The Morgan fingerprint density at radius 2 is 1.77 bits per heavy atom. The second-order valence-electron chi connectivity index (χ2n) is 5.99. The van der Waals surface area contributed by atoms with Crippen LogP contribution in [0.2, 0.25) is 5.02 Å². The number of halogens is 1. The van der Waals surface area contributed by atoms with E-state index in [0.717, 1.165) is 34.6 Å². The van der Waals surface area contributed by atoms with E-state index in [1.165, 1.54) is 0 Å². The fourth-order valence-corrected chi connectivity index (χ4v) is 2.99. The molecular formula is C19H20ClNO. The summed E-state index contributed by atoms with van der Waals surface area (Å²) in [6.45, 7) is 4.09. The maximum atomic E-state index is 13.0. The highest BCUT2D eigenvalue weighted by molar-refractivity contribution is 6.30. The van der Waals surface area contributed by atoms with E-state index in [1.54, 1.807) is 0 Å². The molecule has 1 atom stereocenters. The van der Waals surface area contributed by atoms with E-state index in [-0.39, 0.29) is 11.9 Å². The van der Waals surface area contributed by atoms with Gasteiger partial charge in [-0.25, -0.2) is 0 Å². The smallest absolute Gasteiger partial charge is 0.254 e. The lowest BCUT2D eigenvalue weighted by Gasteiger charge is -2.30. The molecule has 1 unspecified atom stereocenters. The number of benzene rings is 2. The van der Waals surface area contributed by atoms with Gasteiger partial charge in [0.15, 0.2) is 0 Å². The van der Waals surface area contributed by atoms with Crippen molar-refractivity contribution in [3.8, 4) is 0 Å². The van der Waals surface area contributed by atoms with E-state index < -0.39 is 0 Å². The molecule has 0 heterocycles. The fraction of sp³-hybridized carbons (Fsp3) is 0.316. The van der Waals surface area contributed by atoms with Crippen LogP contribution in [0.1, 0.15) is 47.3 Å². The molecular weight excluding hydrogens is 294 g/mol. The lowest BCUT2D eigenvalue weighted by molar-refractivity contribution is 0.0673. The second kappa shape index (κ2) is 6.13. The van der Waals surface area contributed by atoms with Gasteiger partial charge in [-0.05, 0) is 56.0 Å². The molecule has 0 radical (unpaired) electrons. The van der Waals surface area contributed by atoms with Crippen LogP contribution in [0, 0.1) is 6.92 Å². The largest absolute Gasteiger partial charge is 0.329 e. The van der Waals surface area contributed by atoms with Crippen molar-refractivity contribution in [1.82, 2.24) is 4.90 Å². The van der Waals surface area contributed by atoms with E-state index in [0.29, 0.717) is 6.04 Å². The molecule has 1 aliphatic rings. The number of aryl methyl sites for hydroxylation is 1. The van der Waals surface area contributed by atoms with Gasteiger partial charge in [0.05, 0.1) is 6.04 Å². The van der Waals surface area contributed by atoms with E-state index in [9.17, 15) is 4.79 Å². The third-order valence-corrected chi connectivity index (χ3v) is 4.57. The topological polar surface area (TPSA) is 20.3 Å². The van der Waals surface area contributed by atoms with E-state index in [4.69, 9.17) is 11.6 Å². The van der Waals surface area contributed by atoms with Gasteiger partial charge in [0, 0.05) is 16.6 Å². The Hall–Kier alpha value is -1.80. The van der Waals surface area contributed by atoms with Crippen molar-refractivity contribution in [2.24, 2.45) is 0 Å². The van der Waals surface area contributed by atoms with Crippen LogP contribution in [0.25, 0.3) is 0 Å². The number of amides is 1. The molecule has 0 bridgehead atoms. The molecule has 2 aromatic rings. The predicted molar refractivity (Wildman–Crippen MR) is 90.2 cm³/mol. The van der Waals surface area contributed by atoms with Crippen LogP contribution < -0.4 is 0 Å². The number of carbonyl (C=O) groups is 1. The molecule has 2 aromatic carbocycles. The number of carbonyl (C=O) groups excluding carboxylic acids is 1. The van der Waals surface area contributed by atoms with Crippen molar-refractivity contribution in [2.75, 3.05) is 0 Å². The van der Waals surface area contributed by atoms with Crippen molar-refractivity contribution in [2.45, 2.75) is 38.8 Å². The van der Waals surface area contributed by atoms with Gasteiger partial charge in [0.1, 0.15) is 0 Å². The first-order valence-corrected chi connectivity index (χ1v) is 8.09. The zero-order valence-corrected chi connectivity index (χ0v) is 13.7. The molecule has 2 nitrogen and oxygen atoms in total. The standard InChI is InChI=1S/C19H20ClNO/c1-13-5-3-4-6-18(13)19(22)21(17-11-12-17)14(2)15-7-9-16(20)10-8-15/h3-10,14,17H,11-12H2,1-2H3. The predicted octanol–water partition coefficient (Wildman–Crippen LogP) is 5.01. The van der Waals surface area contributed by atoms with Gasteiger partial charge >= 0.3 is 0 Å². The van der Waals surface area contributed by atoms with Gasteiger partial charge in [-0.3, -0.25) is 4.79 Å². The minimum atomic E-state index is 0.0527. The Morgan fingerprint density at radius 1 is 1.14 bits per heavy atom. The maximum Gasteiger partial charge on any atom is 0.254 e. The Kier molecular flexibility index (Phi) is 4.21. The minimum Gasteiger partial charge on any atom is -0.329 e. The number of nitrogens with zero attached hydrogens (tertiary/aromatic N) is 1. The molecule has 1 saturated carbocycles. The van der Waals surface area contributed by atoms with Gasteiger partial charge in [-0.1, -0.05) is 41.9 Å². The number of hydrogen-bond acceptors (Lipinski definition) is 1. The van der Waals surface area contributed by atoms with Crippen molar-refractivity contribution in [3.63, 3.8) is 0 Å². The van der Waals surface area contributed by atoms with E-state index in [1.807, 2.05) is 60.4 Å². The molecule has 0 saturated heterocycles. The average Bonchev–Trinajstić information content (AvgIpc) is 3.33. The summed E-state index contributed by atoms with van der Waals surface area (Å²) in [4.78, 5) is 15.1. The van der Waals surface area contributed by atoms with Crippen molar-refractivity contribution in [3.05, 3.63) is 70.2 Å². The van der Waals surface area contributed by atoms with E-state index >= 15 is 0 Å². The average molecular weight is 314 g/mol. The summed E-state index contributed by atoms with van der Waals surface area (Å²) >= 11 is 5.97. The van der Waals surface area contributed by atoms with E-state index in [2.05, 4.69) is 6.92 Å². The molecule has 22 heavy (non-hydrogen) atoms. The monoisotopic (exact) mass is 313 g/mol. The molecule has 0 spiro atoms. The highest BCUT2D eigenvalue weighted by Crippen LogP contribution is 2.36. The Balaban J connectivity index is 1.91. The highest BCUT2D eigenvalue weighted by Gasteiger charge is 2.36. The van der Waals surface area contributed by atoms with Crippen molar-refractivity contribution in [1.29, 1.82) is 0 Å². The third-order valence-electron chi connectivity index (χ3n) is 4.32. The minimum absolute atomic E-state index is 0.0527. The summed E-state index contributed by atoms with van der Waals surface area (Å²) in [5.41, 5.74) is 2.95. The Labute approximate surface area is 136 Å². The van der Waals surface area contributed by atoms with Crippen molar-refractivity contribution >= 4 is 17.5 Å². The maximum absolute atomic E-state index is 13.0. The first-order valence-electron chi connectivity index (χ1n) is 7.71. The Bertz CT molecular complexity index is 676. The molecule has 3 rings (SSSR count). The van der Waals surface area contributed by atoms with Gasteiger partial charge in [0.25, 0.3) is 5.91 Å². The second-order valence-corrected chi connectivity index (χ2v) is 6.42. The van der Waals surface area contributed by atoms with Gasteiger partial charge < -0.3 is 4.90 Å². The Morgan fingerprint density at radius 3 is 2.36 bits per heavy atom. The lowest BCUT2D eigenvalue weighted by atomic mass is 10.0. The van der Waals surface area contributed by atoms with Gasteiger partial charge in [-0.15, -0.1) is 0 Å². The highest BCUT2D eigenvalue weighted by atomic mass is 35.5. The molecule has 0 aliphatic heterocycles. The summed E-state index contributed by atoms with van der Waals surface area (Å²) in [5.74, 6) is 0.128. The summed E-state index contributed by atoms with van der Waals surface area (Å²) in [6.07, 6.45) is 2.19. The van der Waals surface area contributed by atoms with Crippen LogP contribution in [0.15, 0.2) is 48.5 Å². The number of rotatable bonds is 4. The zero-order chi connectivity index (χ0) is 15.7. The van der Waals surface area contributed by atoms with Crippen LogP contribution in [-0.4, -0.2) is 16.8 Å². The molecule has 1 amide bonds. The summed E-state index contributed by atoms with van der Waals surface area (Å²) in [7, 11) is 0. The SMILES string of the molecule is Cc1ccccc1C(=O)N(C1CC1)C(C)c1ccc(Cl)cc1. The van der Waals surface area contributed by atoms with Crippen LogP contribution in [0.4, 0.5) is 0 Å². The van der Waals surface area contributed by atoms with Crippen LogP contribution in [0.3, 0.4) is 0 Å². The first kappa shape index (κ1) is 15.1. The molecule has 3 heteroatoms. The molecule has 1 aliphatic carbocycles. The van der Waals surface area contributed by atoms with Crippen LogP contribution in [-0.2, 0) is 0 Å². The summed E-state index contributed by atoms with van der Waals surface area (Å²) < 4.78 is 0. The molecule has 114 valence electrons. The zero-order valence-electron chi connectivity index (χ0n) is 12.9. The van der Waals surface area contributed by atoms with Crippen LogP contribution >= 0.6 is 11.6 Å². The first-order chi connectivity index (χ1) is 10.6.